The van der Waals surface area contributed by atoms with E-state index in [0.29, 0.717) is 19.0 Å². The van der Waals surface area contributed by atoms with Crippen molar-refractivity contribution in [3.63, 3.8) is 0 Å². The lowest BCUT2D eigenvalue weighted by atomic mass is 9.97. The van der Waals surface area contributed by atoms with Gasteiger partial charge >= 0.3 is 0 Å². The summed E-state index contributed by atoms with van der Waals surface area (Å²) in [7, 11) is 0. The Morgan fingerprint density at radius 1 is 1.00 bits per heavy atom. The standard InChI is InChI=1S/C24H23N7O/c32-22-15-30(12-11-25-22)24-26-13-17(14-27-24)18-9-10-19-23(29-18)31-20(7-4-8-21(31)28-19)16-5-2-1-3-6-16/h1-3,5-6,9-10,13-14,20H,4,7-8,11-12,15H2,(H,25,32). The highest BCUT2D eigenvalue weighted by Crippen LogP contribution is 2.34. The summed E-state index contributed by atoms with van der Waals surface area (Å²) in [5.41, 5.74) is 4.78. The average Bonchev–Trinajstić information content (AvgIpc) is 3.23. The Hall–Kier alpha value is -3.81. The van der Waals surface area contributed by atoms with Gasteiger partial charge in [-0.3, -0.25) is 4.79 Å². The summed E-state index contributed by atoms with van der Waals surface area (Å²) < 4.78 is 2.30. The fraction of sp³-hybridized carbons (Fsp3) is 0.292. The van der Waals surface area contributed by atoms with E-state index in [2.05, 4.69) is 50.2 Å². The van der Waals surface area contributed by atoms with Crippen molar-refractivity contribution in [1.29, 1.82) is 0 Å². The molecule has 3 aromatic heterocycles. The molecule has 5 heterocycles. The van der Waals surface area contributed by atoms with Gasteiger partial charge in [0.15, 0.2) is 5.65 Å². The second kappa shape index (κ2) is 7.71. The van der Waals surface area contributed by atoms with Crippen molar-refractivity contribution in [3.05, 3.63) is 66.2 Å². The molecule has 0 saturated carbocycles. The zero-order valence-corrected chi connectivity index (χ0v) is 17.6. The van der Waals surface area contributed by atoms with Gasteiger partial charge in [-0.1, -0.05) is 30.3 Å². The number of hydrogen-bond acceptors (Lipinski definition) is 6. The number of pyridine rings is 1. The predicted octanol–water partition coefficient (Wildman–Crippen LogP) is 2.75. The SMILES string of the molecule is O=C1CN(c2ncc(-c3ccc4nc5n(c4n3)C(c3ccccc3)CCC5)cn2)CCN1. The second-order valence-electron chi connectivity index (χ2n) is 8.30. The van der Waals surface area contributed by atoms with E-state index in [1.54, 1.807) is 12.4 Å². The number of carbonyl (C=O) groups is 1. The number of rotatable bonds is 3. The molecule has 8 heteroatoms. The lowest BCUT2D eigenvalue weighted by Crippen LogP contribution is -2.48. The molecule has 0 aliphatic carbocycles. The van der Waals surface area contributed by atoms with E-state index in [9.17, 15) is 4.79 Å². The first kappa shape index (κ1) is 18.9. The van der Waals surface area contributed by atoms with Crippen molar-refractivity contribution in [2.75, 3.05) is 24.5 Å². The summed E-state index contributed by atoms with van der Waals surface area (Å²) in [4.78, 5) is 32.4. The lowest BCUT2D eigenvalue weighted by molar-refractivity contribution is -0.120. The van der Waals surface area contributed by atoms with Crippen LogP contribution < -0.4 is 10.2 Å². The molecule has 160 valence electrons. The number of nitrogens with zero attached hydrogens (tertiary/aromatic N) is 6. The van der Waals surface area contributed by atoms with Gasteiger partial charge in [0.05, 0.1) is 18.3 Å². The normalized spacial score (nSPS) is 18.4. The monoisotopic (exact) mass is 425 g/mol. The van der Waals surface area contributed by atoms with Crippen molar-refractivity contribution in [2.45, 2.75) is 25.3 Å². The first-order valence-electron chi connectivity index (χ1n) is 11.0. The van der Waals surface area contributed by atoms with Crippen molar-refractivity contribution < 1.29 is 4.79 Å². The Balaban J connectivity index is 1.37. The number of hydrogen-bond donors (Lipinski definition) is 1. The van der Waals surface area contributed by atoms with Crippen LogP contribution in [0.15, 0.2) is 54.9 Å². The van der Waals surface area contributed by atoms with Crippen LogP contribution in [0.25, 0.3) is 22.4 Å². The maximum atomic E-state index is 11.7. The van der Waals surface area contributed by atoms with E-state index in [-0.39, 0.29) is 18.5 Å². The van der Waals surface area contributed by atoms with Gasteiger partial charge in [-0.15, -0.1) is 0 Å². The first-order valence-corrected chi connectivity index (χ1v) is 11.0. The van der Waals surface area contributed by atoms with Gasteiger partial charge in [0.25, 0.3) is 0 Å². The van der Waals surface area contributed by atoms with Gasteiger partial charge in [0, 0.05) is 37.5 Å². The highest BCUT2D eigenvalue weighted by molar-refractivity contribution is 5.82. The summed E-state index contributed by atoms with van der Waals surface area (Å²) >= 11 is 0. The van der Waals surface area contributed by atoms with Crippen LogP contribution in [-0.4, -0.2) is 50.0 Å². The van der Waals surface area contributed by atoms with Gasteiger partial charge in [-0.2, -0.15) is 0 Å². The van der Waals surface area contributed by atoms with Gasteiger partial charge in [0.1, 0.15) is 11.3 Å². The number of nitrogens with one attached hydrogen (secondary N) is 1. The molecule has 0 radical (unpaired) electrons. The van der Waals surface area contributed by atoms with Crippen LogP contribution in [-0.2, 0) is 11.2 Å². The molecule has 2 aliphatic rings. The van der Waals surface area contributed by atoms with Crippen LogP contribution in [0.5, 0.6) is 0 Å². The summed E-state index contributed by atoms with van der Waals surface area (Å²) in [5, 5.41) is 2.82. The number of amides is 1. The molecule has 1 atom stereocenters. The summed E-state index contributed by atoms with van der Waals surface area (Å²) in [6.07, 6.45) is 6.74. The number of aromatic nitrogens is 5. The number of piperazine rings is 1. The molecule has 4 aromatic rings. The fourth-order valence-electron chi connectivity index (χ4n) is 4.69. The fourth-order valence-corrected chi connectivity index (χ4v) is 4.69. The molecule has 1 fully saturated rings. The molecule has 1 unspecified atom stereocenters. The number of fused-ring (bicyclic) bond motifs is 3. The van der Waals surface area contributed by atoms with Crippen molar-refractivity contribution >= 4 is 23.0 Å². The number of anilines is 1. The number of carbonyl (C=O) groups excluding carboxylic acids is 1. The topological polar surface area (TPSA) is 88.8 Å². The Morgan fingerprint density at radius 3 is 2.66 bits per heavy atom. The quantitative estimate of drug-likeness (QED) is 0.543. The van der Waals surface area contributed by atoms with E-state index in [4.69, 9.17) is 9.97 Å². The van der Waals surface area contributed by atoms with Crippen LogP contribution >= 0.6 is 0 Å². The highest BCUT2D eigenvalue weighted by Gasteiger charge is 2.26. The van der Waals surface area contributed by atoms with Crippen molar-refractivity contribution in [3.8, 4) is 11.3 Å². The Morgan fingerprint density at radius 2 is 1.84 bits per heavy atom. The van der Waals surface area contributed by atoms with Crippen molar-refractivity contribution in [2.24, 2.45) is 0 Å². The molecule has 8 nitrogen and oxygen atoms in total. The van der Waals surface area contributed by atoms with Gasteiger partial charge in [-0.25, -0.2) is 19.9 Å². The molecule has 1 amide bonds. The van der Waals surface area contributed by atoms with Gasteiger partial charge in [0.2, 0.25) is 11.9 Å². The first-order chi connectivity index (χ1) is 15.8. The minimum absolute atomic E-state index is 0.00507. The van der Waals surface area contributed by atoms with Crippen LogP contribution in [0.2, 0.25) is 0 Å². The number of benzene rings is 1. The minimum atomic E-state index is -0.00507. The lowest BCUT2D eigenvalue weighted by Gasteiger charge is -2.26. The maximum absolute atomic E-state index is 11.7. The maximum Gasteiger partial charge on any atom is 0.239 e. The van der Waals surface area contributed by atoms with Crippen LogP contribution in [0, 0.1) is 0 Å². The van der Waals surface area contributed by atoms with E-state index >= 15 is 0 Å². The molecule has 0 spiro atoms. The summed E-state index contributed by atoms with van der Waals surface area (Å²) in [6, 6.07) is 14.9. The molecule has 1 N–H and O–H groups in total. The Labute approximate surface area is 185 Å². The molecule has 2 aliphatic heterocycles. The molecule has 1 saturated heterocycles. The van der Waals surface area contributed by atoms with E-state index in [0.717, 1.165) is 47.5 Å². The van der Waals surface area contributed by atoms with Crippen LogP contribution in [0.3, 0.4) is 0 Å². The number of imidazole rings is 1. The third-order valence-electron chi connectivity index (χ3n) is 6.24. The molecular formula is C24H23N7O. The third-order valence-corrected chi connectivity index (χ3v) is 6.24. The highest BCUT2D eigenvalue weighted by atomic mass is 16.2. The van der Waals surface area contributed by atoms with Crippen molar-refractivity contribution in [1.82, 2.24) is 29.8 Å². The Kier molecular flexibility index (Phi) is 4.56. The smallest absolute Gasteiger partial charge is 0.239 e. The zero-order valence-electron chi connectivity index (χ0n) is 17.6. The zero-order chi connectivity index (χ0) is 21.5. The molecular weight excluding hydrogens is 402 g/mol. The summed E-state index contributed by atoms with van der Waals surface area (Å²) in [5.74, 6) is 1.66. The average molecular weight is 425 g/mol. The van der Waals surface area contributed by atoms with E-state index in [1.165, 1.54) is 5.56 Å². The largest absolute Gasteiger partial charge is 0.353 e. The third kappa shape index (κ3) is 3.28. The summed E-state index contributed by atoms with van der Waals surface area (Å²) in [6.45, 7) is 1.60. The number of aryl methyl sites for hydroxylation is 1. The van der Waals surface area contributed by atoms with E-state index < -0.39 is 0 Å². The molecule has 0 bridgehead atoms. The predicted molar refractivity (Wildman–Crippen MR) is 121 cm³/mol. The van der Waals surface area contributed by atoms with Gasteiger partial charge in [-0.05, 0) is 30.5 Å². The van der Waals surface area contributed by atoms with Crippen LogP contribution in [0.1, 0.15) is 30.3 Å². The Bertz CT molecular complexity index is 1280. The van der Waals surface area contributed by atoms with Gasteiger partial charge < -0.3 is 14.8 Å². The van der Waals surface area contributed by atoms with Crippen LogP contribution in [0.4, 0.5) is 5.95 Å². The molecule has 6 rings (SSSR count). The second-order valence-corrected chi connectivity index (χ2v) is 8.30. The molecule has 1 aromatic carbocycles. The van der Waals surface area contributed by atoms with E-state index in [1.807, 2.05) is 17.0 Å². The molecule has 32 heavy (non-hydrogen) atoms. The minimum Gasteiger partial charge on any atom is -0.353 e.